The molecule has 3 nitrogen and oxygen atoms in total. The molecule has 2 aromatic carbocycles. The third-order valence-electron chi connectivity index (χ3n) is 7.22. The lowest BCUT2D eigenvalue weighted by Gasteiger charge is -2.38. The lowest BCUT2D eigenvalue weighted by atomic mass is 9.84. The van der Waals surface area contributed by atoms with Crippen molar-refractivity contribution in [2.24, 2.45) is 0 Å². The smallest absolute Gasteiger partial charge is 0.0708 e. The molecule has 2 aliphatic heterocycles. The Labute approximate surface area is 180 Å². The Balaban J connectivity index is 1.27. The Bertz CT molecular complexity index is 1040. The second kappa shape index (κ2) is 8.39. The summed E-state index contributed by atoms with van der Waals surface area (Å²) in [6.45, 7) is 7.97. The van der Waals surface area contributed by atoms with E-state index in [0.29, 0.717) is 12.0 Å². The summed E-state index contributed by atoms with van der Waals surface area (Å²) in [6.07, 6.45) is 6.13. The first-order valence-corrected chi connectivity index (χ1v) is 11.6. The monoisotopic (exact) mass is 399 g/mol. The average molecular weight is 400 g/mol. The number of pyridine rings is 1. The quantitative estimate of drug-likeness (QED) is 0.609. The van der Waals surface area contributed by atoms with Gasteiger partial charge in [-0.3, -0.25) is 4.98 Å². The van der Waals surface area contributed by atoms with Gasteiger partial charge in [0.1, 0.15) is 0 Å². The molecule has 1 N–H and O–H groups in total. The molecule has 2 atom stereocenters. The molecular weight excluding hydrogens is 366 g/mol. The Morgan fingerprint density at radius 1 is 1.10 bits per heavy atom. The van der Waals surface area contributed by atoms with E-state index in [1.807, 2.05) is 0 Å². The number of anilines is 1. The van der Waals surface area contributed by atoms with Crippen molar-refractivity contribution >= 4 is 16.6 Å². The largest absolute Gasteiger partial charge is 0.385 e. The lowest BCUT2D eigenvalue weighted by Crippen LogP contribution is -2.41. The third-order valence-corrected chi connectivity index (χ3v) is 7.22. The van der Waals surface area contributed by atoms with Crippen molar-refractivity contribution in [1.82, 2.24) is 9.88 Å². The molecule has 3 aromatic rings. The fourth-order valence-electron chi connectivity index (χ4n) is 5.55. The third kappa shape index (κ3) is 3.83. The zero-order valence-corrected chi connectivity index (χ0v) is 18.3. The number of rotatable bonds is 4. The molecule has 0 radical (unpaired) electrons. The van der Waals surface area contributed by atoms with E-state index < -0.39 is 0 Å². The van der Waals surface area contributed by atoms with E-state index in [1.165, 1.54) is 55.4 Å². The highest BCUT2D eigenvalue weighted by Crippen LogP contribution is 2.35. The molecule has 156 valence electrons. The summed E-state index contributed by atoms with van der Waals surface area (Å²) in [6, 6.07) is 18.5. The van der Waals surface area contributed by atoms with Gasteiger partial charge in [0.2, 0.25) is 0 Å². The number of fused-ring (bicyclic) bond motifs is 2. The first kappa shape index (κ1) is 19.6. The number of nitrogens with one attached hydrogen (secondary N) is 1. The highest BCUT2D eigenvalue weighted by Gasteiger charge is 2.27. The van der Waals surface area contributed by atoms with E-state index >= 15 is 0 Å². The SMILES string of the molecule is Cc1ccc2c(C3CCN(CCc4cccc5c4CCCN5)C(C)C3)cccc2n1. The van der Waals surface area contributed by atoms with E-state index in [2.05, 4.69) is 72.6 Å². The molecule has 0 spiro atoms. The van der Waals surface area contributed by atoms with Gasteiger partial charge in [0, 0.05) is 35.9 Å². The van der Waals surface area contributed by atoms with Crippen molar-refractivity contribution in [3.05, 3.63) is 70.9 Å². The van der Waals surface area contributed by atoms with Gasteiger partial charge < -0.3 is 10.2 Å². The lowest BCUT2D eigenvalue weighted by molar-refractivity contribution is 0.148. The van der Waals surface area contributed by atoms with Gasteiger partial charge in [0.05, 0.1) is 5.52 Å². The number of benzene rings is 2. The Morgan fingerprint density at radius 2 is 2.00 bits per heavy atom. The fraction of sp³-hybridized carbons (Fsp3) is 0.444. The molecule has 2 aliphatic rings. The maximum absolute atomic E-state index is 4.75. The van der Waals surface area contributed by atoms with Crippen LogP contribution >= 0.6 is 0 Å². The number of aromatic nitrogens is 1. The summed E-state index contributed by atoms with van der Waals surface area (Å²) in [5, 5.41) is 4.92. The molecule has 2 unspecified atom stereocenters. The number of likely N-dealkylation sites (tertiary alicyclic amines) is 1. The molecule has 1 saturated heterocycles. The van der Waals surface area contributed by atoms with Crippen LogP contribution in [0.15, 0.2) is 48.5 Å². The summed E-state index contributed by atoms with van der Waals surface area (Å²) in [5.74, 6) is 0.637. The number of hydrogen-bond acceptors (Lipinski definition) is 3. The molecule has 0 bridgehead atoms. The fourth-order valence-corrected chi connectivity index (χ4v) is 5.55. The second-order valence-corrected chi connectivity index (χ2v) is 9.20. The summed E-state index contributed by atoms with van der Waals surface area (Å²) in [7, 11) is 0. The number of piperidine rings is 1. The van der Waals surface area contributed by atoms with Crippen molar-refractivity contribution < 1.29 is 0 Å². The molecule has 5 rings (SSSR count). The molecule has 1 aromatic heterocycles. The van der Waals surface area contributed by atoms with E-state index in [-0.39, 0.29) is 0 Å². The maximum Gasteiger partial charge on any atom is 0.0708 e. The summed E-state index contributed by atoms with van der Waals surface area (Å²) in [5.41, 5.74) is 8.21. The summed E-state index contributed by atoms with van der Waals surface area (Å²) < 4.78 is 0. The number of nitrogens with zero attached hydrogens (tertiary/aromatic N) is 2. The van der Waals surface area contributed by atoms with Crippen LogP contribution in [0.5, 0.6) is 0 Å². The molecule has 30 heavy (non-hydrogen) atoms. The van der Waals surface area contributed by atoms with Gasteiger partial charge >= 0.3 is 0 Å². The van der Waals surface area contributed by atoms with Gasteiger partial charge in [-0.1, -0.05) is 30.3 Å². The first-order chi connectivity index (χ1) is 14.7. The first-order valence-electron chi connectivity index (χ1n) is 11.6. The van der Waals surface area contributed by atoms with E-state index in [4.69, 9.17) is 4.98 Å². The van der Waals surface area contributed by atoms with Gasteiger partial charge in [0.15, 0.2) is 0 Å². The average Bonchev–Trinajstić information content (AvgIpc) is 2.77. The van der Waals surface area contributed by atoms with Gasteiger partial charge in [-0.25, -0.2) is 0 Å². The minimum absolute atomic E-state index is 0.620. The Kier molecular flexibility index (Phi) is 5.47. The molecule has 1 fully saturated rings. The molecule has 3 heterocycles. The zero-order valence-electron chi connectivity index (χ0n) is 18.3. The van der Waals surface area contributed by atoms with Crippen LogP contribution in [-0.4, -0.2) is 35.6 Å². The number of hydrogen-bond donors (Lipinski definition) is 1. The number of aryl methyl sites for hydroxylation is 1. The van der Waals surface area contributed by atoms with Gasteiger partial charge in [-0.05, 0) is 93.3 Å². The van der Waals surface area contributed by atoms with Crippen LogP contribution in [0.2, 0.25) is 0 Å². The van der Waals surface area contributed by atoms with E-state index in [0.717, 1.165) is 24.2 Å². The maximum atomic E-state index is 4.75. The van der Waals surface area contributed by atoms with Crippen LogP contribution in [0.25, 0.3) is 10.9 Å². The molecular formula is C27H33N3. The van der Waals surface area contributed by atoms with Crippen molar-refractivity contribution in [2.75, 3.05) is 25.0 Å². The predicted molar refractivity (Wildman–Crippen MR) is 126 cm³/mol. The van der Waals surface area contributed by atoms with Gasteiger partial charge in [-0.2, -0.15) is 0 Å². The second-order valence-electron chi connectivity index (χ2n) is 9.20. The minimum atomic E-state index is 0.620. The summed E-state index contributed by atoms with van der Waals surface area (Å²) in [4.78, 5) is 7.46. The van der Waals surface area contributed by atoms with Crippen molar-refractivity contribution in [3.8, 4) is 0 Å². The normalized spacial score (nSPS) is 21.9. The van der Waals surface area contributed by atoms with Crippen LogP contribution in [0, 0.1) is 6.92 Å². The molecule has 0 aliphatic carbocycles. The minimum Gasteiger partial charge on any atom is -0.385 e. The van der Waals surface area contributed by atoms with Crippen molar-refractivity contribution in [1.29, 1.82) is 0 Å². The van der Waals surface area contributed by atoms with Gasteiger partial charge in [-0.15, -0.1) is 0 Å². The van der Waals surface area contributed by atoms with Crippen LogP contribution in [0.3, 0.4) is 0 Å². The van der Waals surface area contributed by atoms with Crippen LogP contribution in [-0.2, 0) is 12.8 Å². The van der Waals surface area contributed by atoms with Crippen LogP contribution < -0.4 is 5.32 Å². The molecule has 0 amide bonds. The van der Waals surface area contributed by atoms with Crippen LogP contribution in [0.4, 0.5) is 5.69 Å². The Morgan fingerprint density at radius 3 is 2.90 bits per heavy atom. The Hall–Kier alpha value is -2.39. The molecule has 0 saturated carbocycles. The van der Waals surface area contributed by atoms with E-state index in [9.17, 15) is 0 Å². The van der Waals surface area contributed by atoms with E-state index in [1.54, 1.807) is 11.1 Å². The molecule has 3 heteroatoms. The highest BCUT2D eigenvalue weighted by atomic mass is 15.2. The van der Waals surface area contributed by atoms with Crippen molar-refractivity contribution in [2.45, 2.75) is 57.9 Å². The van der Waals surface area contributed by atoms with Crippen LogP contribution in [0.1, 0.15) is 54.5 Å². The topological polar surface area (TPSA) is 28.2 Å². The zero-order chi connectivity index (χ0) is 20.5. The summed E-state index contributed by atoms with van der Waals surface area (Å²) >= 11 is 0. The van der Waals surface area contributed by atoms with Crippen molar-refractivity contribution in [3.63, 3.8) is 0 Å². The standard InChI is InChI=1S/C27H33N3/c1-19-11-12-25-23(7-4-10-27(25)29-19)22-14-17-30(20(2)18-22)16-13-21-6-3-9-26-24(21)8-5-15-28-26/h3-4,6-7,9-12,20,22,28H,5,8,13-18H2,1-2H3. The highest BCUT2D eigenvalue weighted by molar-refractivity contribution is 5.83. The van der Waals surface area contributed by atoms with Gasteiger partial charge in [0.25, 0.3) is 0 Å². The predicted octanol–water partition coefficient (Wildman–Crippen LogP) is 5.71.